The number of rotatable bonds is 2. The van der Waals surface area contributed by atoms with Crippen LogP contribution in [0.4, 0.5) is 8.78 Å². The molecule has 0 saturated carbocycles. The van der Waals surface area contributed by atoms with E-state index in [1.807, 2.05) is 0 Å². The van der Waals surface area contributed by atoms with Gasteiger partial charge in [0.15, 0.2) is 0 Å². The summed E-state index contributed by atoms with van der Waals surface area (Å²) in [7, 11) is 0. The molecule has 0 radical (unpaired) electrons. The Morgan fingerprint density at radius 1 is 0.677 bits per heavy atom. The lowest BCUT2D eigenvalue weighted by molar-refractivity contribution is 0.476. The topological polar surface area (TPSA) is 53.6 Å². The molecule has 31 heavy (non-hydrogen) atoms. The summed E-state index contributed by atoms with van der Waals surface area (Å²) < 4.78 is 34.8. The van der Waals surface area contributed by atoms with Gasteiger partial charge in [-0.15, -0.1) is 0 Å². The normalized spacial score (nSPS) is 11.5. The van der Waals surface area contributed by atoms with Gasteiger partial charge in [-0.2, -0.15) is 0 Å². The van der Waals surface area contributed by atoms with Gasteiger partial charge in [0, 0.05) is 38.0 Å². The Morgan fingerprint density at radius 2 is 1.19 bits per heavy atom. The molecule has 3 nitrogen and oxygen atoms in total. The first kappa shape index (κ1) is 19.4. The van der Waals surface area contributed by atoms with Crippen LogP contribution >= 0.6 is 11.6 Å². The van der Waals surface area contributed by atoms with E-state index < -0.39 is 11.6 Å². The first-order valence-electron chi connectivity index (χ1n) is 9.46. The Balaban J connectivity index is 1.73. The summed E-state index contributed by atoms with van der Waals surface area (Å²) in [6.45, 7) is 1.78. The number of aromatic hydroxyl groups is 2. The fourth-order valence-corrected chi connectivity index (χ4v) is 3.98. The van der Waals surface area contributed by atoms with Crippen molar-refractivity contribution in [1.82, 2.24) is 0 Å². The van der Waals surface area contributed by atoms with Crippen molar-refractivity contribution in [2.45, 2.75) is 6.92 Å². The maximum absolute atomic E-state index is 14.5. The van der Waals surface area contributed by atoms with Crippen molar-refractivity contribution in [3.8, 4) is 33.8 Å². The molecule has 5 aromatic rings. The van der Waals surface area contributed by atoms with E-state index in [0.29, 0.717) is 21.9 Å². The summed E-state index contributed by atoms with van der Waals surface area (Å²) >= 11 is 5.82. The number of halogens is 3. The minimum Gasteiger partial charge on any atom is -0.507 e. The van der Waals surface area contributed by atoms with E-state index >= 15 is 0 Å². The minimum absolute atomic E-state index is 0.120. The number of aryl methyl sites for hydroxylation is 1. The average Bonchev–Trinajstić information content (AvgIpc) is 3.04. The zero-order chi connectivity index (χ0) is 21.9. The molecule has 2 N–H and O–H groups in total. The smallest absolute Gasteiger partial charge is 0.136 e. The molecule has 0 atom stereocenters. The number of hydrogen-bond acceptors (Lipinski definition) is 3. The maximum atomic E-state index is 14.5. The molecule has 154 valence electrons. The lowest BCUT2D eigenvalue weighted by atomic mass is 9.99. The van der Waals surface area contributed by atoms with E-state index in [-0.39, 0.29) is 38.8 Å². The molecular formula is C25H15ClF2O3. The molecule has 0 amide bonds. The summed E-state index contributed by atoms with van der Waals surface area (Å²) in [4.78, 5) is 0. The molecule has 0 spiro atoms. The van der Waals surface area contributed by atoms with Crippen molar-refractivity contribution in [3.05, 3.63) is 82.9 Å². The molecule has 0 aliphatic heterocycles. The van der Waals surface area contributed by atoms with E-state index in [0.717, 1.165) is 5.56 Å². The Hall–Kier alpha value is -3.57. The van der Waals surface area contributed by atoms with Crippen LogP contribution in [0.5, 0.6) is 11.5 Å². The number of hydrogen-bond donors (Lipinski definition) is 2. The van der Waals surface area contributed by atoms with Crippen molar-refractivity contribution in [3.63, 3.8) is 0 Å². The first-order chi connectivity index (χ1) is 14.8. The van der Waals surface area contributed by atoms with Crippen LogP contribution < -0.4 is 0 Å². The van der Waals surface area contributed by atoms with Crippen LogP contribution in [0.25, 0.3) is 44.2 Å². The molecule has 1 aromatic heterocycles. The molecule has 0 aliphatic carbocycles. The van der Waals surface area contributed by atoms with E-state index in [1.54, 1.807) is 25.1 Å². The molecule has 4 aromatic carbocycles. The largest absolute Gasteiger partial charge is 0.507 e. The molecule has 0 bridgehead atoms. The van der Waals surface area contributed by atoms with E-state index in [9.17, 15) is 19.0 Å². The van der Waals surface area contributed by atoms with E-state index in [4.69, 9.17) is 16.0 Å². The summed E-state index contributed by atoms with van der Waals surface area (Å²) in [5.74, 6) is -1.30. The zero-order valence-electron chi connectivity index (χ0n) is 16.2. The van der Waals surface area contributed by atoms with Gasteiger partial charge in [-0.3, -0.25) is 0 Å². The predicted octanol–water partition coefficient (Wildman–Crippen LogP) is 7.57. The fraction of sp³-hybridized carbons (Fsp3) is 0.0400. The standard InChI is InChI=1S/C25H15ClF2O3/c1-12-2-4-14(20(27)6-12)16-10-24-18(8-22(16)29)19-9-23(30)17(11-25(19)31-24)15-5-3-13(26)7-21(15)28/h2-11,29-30H,1H3. The average molecular weight is 437 g/mol. The monoisotopic (exact) mass is 436 g/mol. The Morgan fingerprint density at radius 3 is 1.71 bits per heavy atom. The molecule has 1 heterocycles. The second kappa shape index (κ2) is 7.00. The fourth-order valence-electron chi connectivity index (χ4n) is 3.82. The lowest BCUT2D eigenvalue weighted by Crippen LogP contribution is -1.86. The second-order valence-electron chi connectivity index (χ2n) is 7.44. The van der Waals surface area contributed by atoms with Crippen molar-refractivity contribution in [1.29, 1.82) is 0 Å². The van der Waals surface area contributed by atoms with Gasteiger partial charge in [0.05, 0.1) is 0 Å². The van der Waals surface area contributed by atoms with Gasteiger partial charge in [0.2, 0.25) is 0 Å². The first-order valence-corrected chi connectivity index (χ1v) is 9.84. The molecule has 0 unspecified atom stereocenters. The van der Waals surface area contributed by atoms with E-state index in [2.05, 4.69) is 0 Å². The molecular weight excluding hydrogens is 422 g/mol. The summed E-state index contributed by atoms with van der Waals surface area (Å²) in [6.07, 6.45) is 0. The van der Waals surface area contributed by atoms with Crippen LogP contribution in [-0.4, -0.2) is 10.2 Å². The number of fused-ring (bicyclic) bond motifs is 3. The minimum atomic E-state index is -0.576. The molecule has 6 heteroatoms. The number of furan rings is 1. The lowest BCUT2D eigenvalue weighted by Gasteiger charge is -2.07. The van der Waals surface area contributed by atoms with Crippen molar-refractivity contribution in [2.24, 2.45) is 0 Å². The van der Waals surface area contributed by atoms with Gasteiger partial charge < -0.3 is 14.6 Å². The van der Waals surface area contributed by atoms with Gasteiger partial charge in [-0.1, -0.05) is 23.7 Å². The van der Waals surface area contributed by atoms with Gasteiger partial charge >= 0.3 is 0 Å². The van der Waals surface area contributed by atoms with Gasteiger partial charge in [0.25, 0.3) is 0 Å². The highest BCUT2D eigenvalue weighted by atomic mass is 35.5. The van der Waals surface area contributed by atoms with E-state index in [1.165, 1.54) is 42.5 Å². The van der Waals surface area contributed by atoms with Crippen LogP contribution in [0.3, 0.4) is 0 Å². The van der Waals surface area contributed by atoms with Gasteiger partial charge in [-0.05, 0) is 61.0 Å². The highest BCUT2D eigenvalue weighted by Crippen LogP contribution is 2.42. The number of benzene rings is 4. The number of phenols is 2. The van der Waals surface area contributed by atoms with Crippen LogP contribution in [0.15, 0.2) is 65.1 Å². The highest BCUT2D eigenvalue weighted by molar-refractivity contribution is 6.30. The quantitative estimate of drug-likeness (QED) is 0.300. The second-order valence-corrected chi connectivity index (χ2v) is 7.88. The van der Waals surface area contributed by atoms with Gasteiger partial charge in [0.1, 0.15) is 34.3 Å². The number of phenolic OH excluding ortho intramolecular Hbond substituents is 2. The third-order valence-corrected chi connectivity index (χ3v) is 5.58. The summed E-state index contributed by atoms with van der Waals surface area (Å²) in [6, 6.07) is 14.9. The Bertz CT molecular complexity index is 1390. The predicted molar refractivity (Wildman–Crippen MR) is 118 cm³/mol. The zero-order valence-corrected chi connectivity index (χ0v) is 17.0. The van der Waals surface area contributed by atoms with Crippen LogP contribution in [0.2, 0.25) is 5.02 Å². The Labute approximate surface area is 180 Å². The molecule has 0 saturated heterocycles. The third kappa shape index (κ3) is 3.18. The van der Waals surface area contributed by atoms with Crippen LogP contribution in [-0.2, 0) is 0 Å². The van der Waals surface area contributed by atoms with Crippen LogP contribution in [0.1, 0.15) is 5.56 Å². The molecule has 5 rings (SSSR count). The van der Waals surface area contributed by atoms with Crippen molar-refractivity contribution in [2.75, 3.05) is 0 Å². The SMILES string of the molecule is Cc1ccc(-c2cc3oc4cc(-c5ccc(Cl)cc5F)c(O)cc4c3cc2O)c(F)c1. The summed E-state index contributed by atoms with van der Waals surface area (Å²) in [5.41, 5.74) is 2.51. The highest BCUT2D eigenvalue weighted by Gasteiger charge is 2.18. The van der Waals surface area contributed by atoms with Gasteiger partial charge in [-0.25, -0.2) is 8.78 Å². The van der Waals surface area contributed by atoms with Crippen molar-refractivity contribution < 1.29 is 23.4 Å². The van der Waals surface area contributed by atoms with Crippen molar-refractivity contribution >= 4 is 33.5 Å². The maximum Gasteiger partial charge on any atom is 0.136 e. The third-order valence-electron chi connectivity index (χ3n) is 5.34. The molecule has 0 aliphatic rings. The van der Waals surface area contributed by atoms with Crippen LogP contribution in [0, 0.1) is 18.6 Å². The summed E-state index contributed by atoms with van der Waals surface area (Å²) in [5, 5.41) is 22.4. The Kier molecular flexibility index (Phi) is 4.38. The molecule has 0 fully saturated rings.